The summed E-state index contributed by atoms with van der Waals surface area (Å²) in [5, 5.41) is 0. The summed E-state index contributed by atoms with van der Waals surface area (Å²) in [6.07, 6.45) is 0.943. The molecule has 0 aromatic heterocycles. The number of allylic oxidation sites excluding steroid dienone is 1. The molecule has 0 unspecified atom stereocenters. The standard InChI is InChI=1S/C5H10N2O2S/c1-3(10-2)4(6)9-5(7)8/h6H2,1-2H3,(H2,7,8). The normalized spacial score (nSPS) is 12.2. The van der Waals surface area contributed by atoms with E-state index >= 15 is 0 Å². The Morgan fingerprint density at radius 3 is 2.30 bits per heavy atom. The molecule has 0 rings (SSSR count). The van der Waals surface area contributed by atoms with Crippen molar-refractivity contribution in [1.82, 2.24) is 0 Å². The molecule has 58 valence electrons. The number of carbonyl (C=O) groups is 1. The van der Waals surface area contributed by atoms with Crippen molar-refractivity contribution in [3.8, 4) is 0 Å². The van der Waals surface area contributed by atoms with Gasteiger partial charge in [0.05, 0.1) is 0 Å². The summed E-state index contributed by atoms with van der Waals surface area (Å²) in [5.74, 6) is 0.0694. The molecule has 0 heterocycles. The van der Waals surface area contributed by atoms with Crippen LogP contribution in [0.15, 0.2) is 10.8 Å². The number of ether oxygens (including phenoxy) is 1. The van der Waals surface area contributed by atoms with Gasteiger partial charge in [0.25, 0.3) is 0 Å². The molecule has 0 aliphatic carbocycles. The van der Waals surface area contributed by atoms with Crippen LogP contribution in [0.4, 0.5) is 4.79 Å². The van der Waals surface area contributed by atoms with Crippen molar-refractivity contribution in [3.05, 3.63) is 10.8 Å². The van der Waals surface area contributed by atoms with Crippen LogP contribution in [0.2, 0.25) is 0 Å². The van der Waals surface area contributed by atoms with Crippen molar-refractivity contribution < 1.29 is 9.53 Å². The first-order valence-corrected chi connectivity index (χ1v) is 3.78. The summed E-state index contributed by atoms with van der Waals surface area (Å²) in [7, 11) is 0. The third kappa shape index (κ3) is 3.24. The third-order valence-electron chi connectivity index (χ3n) is 0.864. The van der Waals surface area contributed by atoms with Gasteiger partial charge in [0.15, 0.2) is 0 Å². The summed E-state index contributed by atoms with van der Waals surface area (Å²) >= 11 is 1.40. The second kappa shape index (κ2) is 4.05. The monoisotopic (exact) mass is 162 g/mol. The number of amides is 1. The van der Waals surface area contributed by atoms with Crippen LogP contribution in [-0.4, -0.2) is 12.3 Å². The highest BCUT2D eigenvalue weighted by molar-refractivity contribution is 8.02. The van der Waals surface area contributed by atoms with Crippen LogP contribution in [0.25, 0.3) is 0 Å². The van der Waals surface area contributed by atoms with E-state index < -0.39 is 6.09 Å². The first-order valence-electron chi connectivity index (χ1n) is 2.55. The lowest BCUT2D eigenvalue weighted by atomic mass is 10.6. The number of thioether (sulfide) groups is 1. The Morgan fingerprint density at radius 2 is 2.00 bits per heavy atom. The largest absolute Gasteiger partial charge is 0.411 e. The van der Waals surface area contributed by atoms with Crippen LogP contribution >= 0.6 is 11.8 Å². The first kappa shape index (κ1) is 9.16. The lowest BCUT2D eigenvalue weighted by Gasteiger charge is -2.02. The molecule has 1 amide bonds. The van der Waals surface area contributed by atoms with E-state index in [9.17, 15) is 4.79 Å². The van der Waals surface area contributed by atoms with Gasteiger partial charge in [-0.3, -0.25) is 0 Å². The van der Waals surface area contributed by atoms with E-state index in [-0.39, 0.29) is 5.88 Å². The number of primary amides is 1. The molecule has 0 aromatic carbocycles. The molecule has 0 radical (unpaired) electrons. The molecule has 0 aromatic rings. The molecule has 4 nitrogen and oxygen atoms in total. The fraction of sp³-hybridized carbons (Fsp3) is 0.400. The topological polar surface area (TPSA) is 78.3 Å². The quantitative estimate of drug-likeness (QED) is 0.582. The van der Waals surface area contributed by atoms with Gasteiger partial charge in [-0.2, -0.15) is 0 Å². The first-order chi connectivity index (χ1) is 4.57. The van der Waals surface area contributed by atoms with E-state index in [0.29, 0.717) is 0 Å². The van der Waals surface area contributed by atoms with Gasteiger partial charge >= 0.3 is 6.09 Å². The van der Waals surface area contributed by atoms with Gasteiger partial charge in [0, 0.05) is 4.91 Å². The molecule has 0 saturated heterocycles. The Kier molecular flexibility index (Phi) is 3.71. The minimum Gasteiger partial charge on any atom is -0.393 e. The average Bonchev–Trinajstić information content (AvgIpc) is 1.85. The molecule has 0 bridgehead atoms. The number of hydrogen-bond acceptors (Lipinski definition) is 4. The maximum Gasteiger partial charge on any atom is 0.411 e. The lowest BCUT2D eigenvalue weighted by molar-refractivity contribution is 0.185. The maximum absolute atomic E-state index is 10.1. The fourth-order valence-corrected chi connectivity index (χ4v) is 0.524. The SMILES string of the molecule is CSC(C)=C(N)OC(N)=O. The van der Waals surface area contributed by atoms with E-state index in [2.05, 4.69) is 4.74 Å². The lowest BCUT2D eigenvalue weighted by Crippen LogP contribution is -2.17. The van der Waals surface area contributed by atoms with Gasteiger partial charge in [-0.15, -0.1) is 11.8 Å². The van der Waals surface area contributed by atoms with Crippen molar-refractivity contribution in [2.24, 2.45) is 11.5 Å². The molecule has 0 aliphatic rings. The molecule has 0 fully saturated rings. The summed E-state index contributed by atoms with van der Waals surface area (Å²) in [6.45, 7) is 1.74. The van der Waals surface area contributed by atoms with Crippen LogP contribution < -0.4 is 11.5 Å². The van der Waals surface area contributed by atoms with Gasteiger partial charge in [0.1, 0.15) is 0 Å². The van der Waals surface area contributed by atoms with Crippen molar-refractivity contribution in [2.75, 3.05) is 6.26 Å². The molecular weight excluding hydrogens is 152 g/mol. The molecular formula is C5H10N2O2S. The minimum atomic E-state index is -0.883. The van der Waals surface area contributed by atoms with Crippen molar-refractivity contribution in [2.45, 2.75) is 6.92 Å². The van der Waals surface area contributed by atoms with E-state index in [1.807, 2.05) is 6.26 Å². The van der Waals surface area contributed by atoms with E-state index in [1.54, 1.807) is 6.92 Å². The molecule has 4 N–H and O–H groups in total. The molecule has 5 heteroatoms. The Morgan fingerprint density at radius 1 is 1.50 bits per heavy atom. The highest BCUT2D eigenvalue weighted by Crippen LogP contribution is 2.12. The van der Waals surface area contributed by atoms with Crippen molar-refractivity contribution in [1.29, 1.82) is 0 Å². The maximum atomic E-state index is 10.1. The fourth-order valence-electron chi connectivity index (χ4n) is 0.281. The molecule has 0 atom stereocenters. The predicted molar refractivity (Wildman–Crippen MR) is 41.1 cm³/mol. The zero-order valence-electron chi connectivity index (χ0n) is 5.88. The van der Waals surface area contributed by atoms with Crippen LogP contribution in [0.3, 0.4) is 0 Å². The van der Waals surface area contributed by atoms with Crippen LogP contribution in [0.5, 0.6) is 0 Å². The van der Waals surface area contributed by atoms with Crippen LogP contribution in [-0.2, 0) is 4.74 Å². The van der Waals surface area contributed by atoms with Crippen LogP contribution in [0, 0.1) is 0 Å². The molecule has 0 saturated carbocycles. The van der Waals surface area contributed by atoms with Crippen molar-refractivity contribution >= 4 is 17.9 Å². The number of carbonyl (C=O) groups excluding carboxylic acids is 1. The van der Waals surface area contributed by atoms with E-state index in [0.717, 1.165) is 4.91 Å². The average molecular weight is 162 g/mol. The van der Waals surface area contributed by atoms with Crippen LogP contribution in [0.1, 0.15) is 6.92 Å². The van der Waals surface area contributed by atoms with Crippen molar-refractivity contribution in [3.63, 3.8) is 0 Å². The summed E-state index contributed by atoms with van der Waals surface area (Å²) in [4.78, 5) is 10.8. The molecule has 0 aliphatic heterocycles. The molecule has 10 heavy (non-hydrogen) atoms. The van der Waals surface area contributed by atoms with Gasteiger partial charge in [-0.1, -0.05) is 0 Å². The number of hydrogen-bond donors (Lipinski definition) is 2. The summed E-state index contributed by atoms with van der Waals surface area (Å²) in [6, 6.07) is 0. The van der Waals surface area contributed by atoms with Gasteiger partial charge in [-0.25, -0.2) is 4.79 Å². The van der Waals surface area contributed by atoms with E-state index in [4.69, 9.17) is 11.5 Å². The summed E-state index contributed by atoms with van der Waals surface area (Å²) < 4.78 is 4.38. The van der Waals surface area contributed by atoms with Gasteiger partial charge in [-0.05, 0) is 13.2 Å². The Hall–Kier alpha value is -0.840. The Labute approximate surface area is 63.6 Å². The smallest absolute Gasteiger partial charge is 0.393 e. The van der Waals surface area contributed by atoms with E-state index in [1.165, 1.54) is 11.8 Å². The van der Waals surface area contributed by atoms with Gasteiger partial charge < -0.3 is 16.2 Å². The number of rotatable bonds is 2. The zero-order chi connectivity index (χ0) is 8.15. The number of nitrogens with two attached hydrogens (primary N) is 2. The molecule has 0 spiro atoms. The zero-order valence-corrected chi connectivity index (χ0v) is 6.70. The Balaban J connectivity index is 4.04. The minimum absolute atomic E-state index is 0.0694. The highest BCUT2D eigenvalue weighted by atomic mass is 32.2. The van der Waals surface area contributed by atoms with Gasteiger partial charge in [0.2, 0.25) is 5.88 Å². The Bertz CT molecular complexity index is 167. The summed E-state index contributed by atoms with van der Waals surface area (Å²) in [5.41, 5.74) is 9.97. The highest BCUT2D eigenvalue weighted by Gasteiger charge is 2.00. The second-order valence-corrected chi connectivity index (χ2v) is 2.57. The second-order valence-electron chi connectivity index (χ2n) is 1.55. The third-order valence-corrected chi connectivity index (χ3v) is 1.68. The predicted octanol–water partition coefficient (Wildman–Crippen LogP) is 0.592.